The highest BCUT2D eigenvalue weighted by Crippen LogP contribution is 2.39. The molecule has 0 spiro atoms. The van der Waals surface area contributed by atoms with E-state index >= 15 is 0 Å². The fourth-order valence-corrected chi connectivity index (χ4v) is 3.94. The zero-order valence-corrected chi connectivity index (χ0v) is 19.3. The van der Waals surface area contributed by atoms with Crippen LogP contribution in [0.25, 0.3) is 10.2 Å². The van der Waals surface area contributed by atoms with Gasteiger partial charge in [0.15, 0.2) is 23.2 Å². The number of esters is 1. The SMILES string of the molecule is CCOc1cc(C(=O)OCC(=O)Nc2nc3ccc(C)cc3s2)cc(OCC)c1OCC. The molecule has 1 heterocycles. The summed E-state index contributed by atoms with van der Waals surface area (Å²) in [5, 5.41) is 3.12. The summed E-state index contributed by atoms with van der Waals surface area (Å²) in [5.74, 6) is 0.0275. The molecule has 0 unspecified atom stereocenters. The summed E-state index contributed by atoms with van der Waals surface area (Å²) in [6, 6.07) is 8.90. The summed E-state index contributed by atoms with van der Waals surface area (Å²) >= 11 is 1.36. The monoisotopic (exact) mass is 458 g/mol. The van der Waals surface area contributed by atoms with Crippen LogP contribution in [-0.2, 0) is 9.53 Å². The van der Waals surface area contributed by atoms with Crippen molar-refractivity contribution in [2.45, 2.75) is 27.7 Å². The van der Waals surface area contributed by atoms with E-state index in [9.17, 15) is 9.59 Å². The second kappa shape index (κ2) is 10.8. The lowest BCUT2D eigenvalue weighted by atomic mass is 10.2. The molecule has 0 bridgehead atoms. The van der Waals surface area contributed by atoms with Gasteiger partial charge in [0.1, 0.15) is 0 Å². The lowest BCUT2D eigenvalue weighted by Crippen LogP contribution is -2.21. The molecule has 3 rings (SSSR count). The van der Waals surface area contributed by atoms with Crippen LogP contribution in [0.1, 0.15) is 36.7 Å². The van der Waals surface area contributed by atoms with E-state index in [1.54, 1.807) is 0 Å². The minimum atomic E-state index is -0.676. The van der Waals surface area contributed by atoms with E-state index in [1.807, 2.05) is 45.9 Å². The van der Waals surface area contributed by atoms with E-state index in [0.717, 1.165) is 15.8 Å². The predicted molar refractivity (Wildman–Crippen MR) is 123 cm³/mol. The van der Waals surface area contributed by atoms with Gasteiger partial charge in [0.2, 0.25) is 5.75 Å². The number of anilines is 1. The Hall–Kier alpha value is -3.33. The molecular weight excluding hydrogens is 432 g/mol. The largest absolute Gasteiger partial charge is 0.490 e. The van der Waals surface area contributed by atoms with Crippen LogP contribution in [0.5, 0.6) is 17.2 Å². The summed E-state index contributed by atoms with van der Waals surface area (Å²) in [5.41, 5.74) is 2.11. The van der Waals surface area contributed by atoms with E-state index in [-0.39, 0.29) is 5.56 Å². The molecule has 1 aromatic heterocycles. The van der Waals surface area contributed by atoms with Gasteiger partial charge in [-0.1, -0.05) is 17.4 Å². The molecule has 32 heavy (non-hydrogen) atoms. The Balaban J connectivity index is 1.69. The van der Waals surface area contributed by atoms with Crippen molar-refractivity contribution in [3.63, 3.8) is 0 Å². The van der Waals surface area contributed by atoms with Gasteiger partial charge < -0.3 is 18.9 Å². The minimum Gasteiger partial charge on any atom is -0.490 e. The molecule has 170 valence electrons. The van der Waals surface area contributed by atoms with Gasteiger partial charge in [-0.15, -0.1) is 0 Å². The van der Waals surface area contributed by atoms with Crippen molar-refractivity contribution in [2.75, 3.05) is 31.7 Å². The Kier molecular flexibility index (Phi) is 7.88. The van der Waals surface area contributed by atoms with Crippen LogP contribution in [0, 0.1) is 6.92 Å². The number of carbonyl (C=O) groups is 2. The number of hydrogen-bond acceptors (Lipinski definition) is 8. The molecule has 0 aliphatic heterocycles. The number of nitrogens with one attached hydrogen (secondary N) is 1. The van der Waals surface area contributed by atoms with E-state index in [0.29, 0.717) is 42.2 Å². The van der Waals surface area contributed by atoms with Crippen LogP contribution in [-0.4, -0.2) is 43.3 Å². The van der Waals surface area contributed by atoms with Crippen molar-refractivity contribution in [2.24, 2.45) is 0 Å². The van der Waals surface area contributed by atoms with Crippen LogP contribution in [0.15, 0.2) is 30.3 Å². The first kappa shape index (κ1) is 23.3. The fourth-order valence-electron chi connectivity index (χ4n) is 2.96. The Morgan fingerprint density at radius 3 is 2.25 bits per heavy atom. The lowest BCUT2D eigenvalue weighted by molar-refractivity contribution is -0.119. The standard InChI is InChI=1S/C23H26N2O6S/c1-5-28-17-11-15(12-18(29-6-2)21(17)30-7-3)22(27)31-13-20(26)25-23-24-16-9-8-14(4)10-19(16)32-23/h8-12H,5-7,13H2,1-4H3,(H,24,25,26). The Bertz CT molecular complexity index is 1080. The van der Waals surface area contributed by atoms with Gasteiger partial charge in [0, 0.05) is 0 Å². The first-order chi connectivity index (χ1) is 15.4. The van der Waals surface area contributed by atoms with Crippen molar-refractivity contribution in [1.29, 1.82) is 0 Å². The van der Waals surface area contributed by atoms with Crippen molar-refractivity contribution in [1.82, 2.24) is 4.98 Å². The quantitative estimate of drug-likeness (QED) is 0.444. The molecule has 1 N–H and O–H groups in total. The van der Waals surface area contributed by atoms with E-state index < -0.39 is 18.5 Å². The molecule has 0 atom stereocenters. The maximum atomic E-state index is 12.6. The zero-order valence-electron chi connectivity index (χ0n) is 18.5. The molecule has 9 heteroatoms. The lowest BCUT2D eigenvalue weighted by Gasteiger charge is -2.16. The van der Waals surface area contributed by atoms with Gasteiger partial charge in [-0.05, 0) is 57.5 Å². The highest BCUT2D eigenvalue weighted by atomic mass is 32.1. The number of aromatic nitrogens is 1. The first-order valence-electron chi connectivity index (χ1n) is 10.4. The van der Waals surface area contributed by atoms with Crippen LogP contribution >= 0.6 is 11.3 Å². The molecule has 0 radical (unpaired) electrons. The second-order valence-electron chi connectivity index (χ2n) is 6.72. The smallest absolute Gasteiger partial charge is 0.338 e. The third-order valence-electron chi connectivity index (χ3n) is 4.27. The van der Waals surface area contributed by atoms with Gasteiger partial charge in [-0.25, -0.2) is 9.78 Å². The number of aryl methyl sites for hydroxylation is 1. The molecule has 2 aromatic carbocycles. The average molecular weight is 459 g/mol. The van der Waals surface area contributed by atoms with Crippen molar-refractivity contribution in [3.05, 3.63) is 41.5 Å². The number of carbonyl (C=O) groups excluding carboxylic acids is 2. The van der Waals surface area contributed by atoms with Gasteiger partial charge in [0.25, 0.3) is 5.91 Å². The topological polar surface area (TPSA) is 96.0 Å². The molecular formula is C23H26N2O6S. The number of fused-ring (bicyclic) bond motifs is 1. The number of ether oxygens (including phenoxy) is 4. The molecule has 0 aliphatic rings. The highest BCUT2D eigenvalue weighted by Gasteiger charge is 2.20. The Labute approximate surface area is 190 Å². The number of thiazole rings is 1. The van der Waals surface area contributed by atoms with Crippen LogP contribution in [0.2, 0.25) is 0 Å². The molecule has 0 saturated heterocycles. The molecule has 0 aliphatic carbocycles. The van der Waals surface area contributed by atoms with Crippen LogP contribution in [0.3, 0.4) is 0 Å². The molecule has 8 nitrogen and oxygen atoms in total. The maximum absolute atomic E-state index is 12.6. The second-order valence-corrected chi connectivity index (χ2v) is 7.75. The Morgan fingerprint density at radius 1 is 0.969 bits per heavy atom. The normalized spacial score (nSPS) is 10.6. The summed E-state index contributed by atoms with van der Waals surface area (Å²) < 4.78 is 23.0. The molecule has 0 fully saturated rings. The van der Waals surface area contributed by atoms with Gasteiger partial charge >= 0.3 is 5.97 Å². The summed E-state index contributed by atoms with van der Waals surface area (Å²) in [4.78, 5) is 29.2. The predicted octanol–water partition coefficient (Wildman–Crippen LogP) is 4.60. The fraction of sp³-hybridized carbons (Fsp3) is 0.348. The van der Waals surface area contributed by atoms with Gasteiger partial charge in [-0.3, -0.25) is 10.1 Å². The third-order valence-corrected chi connectivity index (χ3v) is 5.20. The average Bonchev–Trinajstić information content (AvgIpc) is 3.15. The maximum Gasteiger partial charge on any atom is 0.338 e. The van der Waals surface area contributed by atoms with Crippen LogP contribution in [0.4, 0.5) is 5.13 Å². The number of hydrogen-bond donors (Lipinski definition) is 1. The summed E-state index contributed by atoms with van der Waals surface area (Å²) in [6.07, 6.45) is 0. The number of benzene rings is 2. The number of nitrogens with zero attached hydrogens (tertiary/aromatic N) is 1. The molecule has 1 amide bonds. The number of amides is 1. The van der Waals surface area contributed by atoms with E-state index in [4.69, 9.17) is 18.9 Å². The minimum absolute atomic E-state index is 0.198. The molecule has 0 saturated carbocycles. The van der Waals surface area contributed by atoms with Crippen molar-refractivity contribution < 1.29 is 28.5 Å². The first-order valence-corrected chi connectivity index (χ1v) is 11.2. The summed E-state index contributed by atoms with van der Waals surface area (Å²) in [7, 11) is 0. The Morgan fingerprint density at radius 2 is 1.62 bits per heavy atom. The van der Waals surface area contributed by atoms with E-state index in [2.05, 4.69) is 10.3 Å². The van der Waals surface area contributed by atoms with E-state index in [1.165, 1.54) is 23.5 Å². The van der Waals surface area contributed by atoms with Crippen molar-refractivity contribution >= 4 is 38.6 Å². The van der Waals surface area contributed by atoms with Gasteiger partial charge in [0.05, 0.1) is 35.6 Å². The zero-order chi connectivity index (χ0) is 23.1. The molecule has 3 aromatic rings. The van der Waals surface area contributed by atoms with Gasteiger partial charge in [-0.2, -0.15) is 0 Å². The third kappa shape index (κ3) is 5.67. The summed E-state index contributed by atoms with van der Waals surface area (Å²) in [6.45, 7) is 8.22. The van der Waals surface area contributed by atoms with Crippen LogP contribution < -0.4 is 19.5 Å². The van der Waals surface area contributed by atoms with Crippen molar-refractivity contribution in [3.8, 4) is 17.2 Å². The number of rotatable bonds is 10. The highest BCUT2D eigenvalue weighted by molar-refractivity contribution is 7.22.